The SMILES string of the molecule is CNc1nc(C)c([N+](=O)[O-])c(NCC(C)C(C)C)n1. The van der Waals surface area contributed by atoms with E-state index in [9.17, 15) is 10.1 Å². The summed E-state index contributed by atoms with van der Waals surface area (Å²) in [5, 5.41) is 16.9. The molecule has 0 aliphatic carbocycles. The standard InChI is InChI=1S/C12H21N5O2/c1-7(2)8(3)6-14-11-10(17(18)19)9(4)15-12(13-5)16-11/h7-8H,6H2,1-5H3,(H2,13,14,15,16). The van der Waals surface area contributed by atoms with Crippen molar-refractivity contribution in [1.82, 2.24) is 9.97 Å². The minimum absolute atomic E-state index is 0.0602. The zero-order chi connectivity index (χ0) is 14.6. The molecule has 7 nitrogen and oxygen atoms in total. The average molecular weight is 267 g/mol. The maximum atomic E-state index is 11.1. The van der Waals surface area contributed by atoms with Gasteiger partial charge in [0.05, 0.1) is 4.92 Å². The van der Waals surface area contributed by atoms with E-state index in [-0.39, 0.29) is 11.5 Å². The Kier molecular flexibility index (Phi) is 5.02. The molecule has 1 rings (SSSR count). The first kappa shape index (κ1) is 15.1. The number of hydrogen-bond acceptors (Lipinski definition) is 6. The fourth-order valence-electron chi connectivity index (χ4n) is 1.51. The quantitative estimate of drug-likeness (QED) is 0.607. The maximum absolute atomic E-state index is 11.1. The van der Waals surface area contributed by atoms with Crippen LogP contribution in [0.25, 0.3) is 0 Å². The molecule has 19 heavy (non-hydrogen) atoms. The van der Waals surface area contributed by atoms with E-state index in [1.165, 1.54) is 0 Å². The molecule has 0 bridgehead atoms. The van der Waals surface area contributed by atoms with Crippen molar-refractivity contribution in [3.63, 3.8) is 0 Å². The molecule has 2 N–H and O–H groups in total. The van der Waals surface area contributed by atoms with Crippen molar-refractivity contribution in [3.05, 3.63) is 15.8 Å². The first-order valence-corrected chi connectivity index (χ1v) is 6.31. The van der Waals surface area contributed by atoms with Crippen LogP contribution in [0.1, 0.15) is 26.5 Å². The first-order valence-electron chi connectivity index (χ1n) is 6.31. The summed E-state index contributed by atoms with van der Waals surface area (Å²) in [4.78, 5) is 18.8. The van der Waals surface area contributed by atoms with Crippen molar-refractivity contribution in [1.29, 1.82) is 0 Å². The summed E-state index contributed by atoms with van der Waals surface area (Å²) in [6, 6.07) is 0. The van der Waals surface area contributed by atoms with Crippen LogP contribution in [0.15, 0.2) is 0 Å². The van der Waals surface area contributed by atoms with Gasteiger partial charge < -0.3 is 10.6 Å². The van der Waals surface area contributed by atoms with Gasteiger partial charge in [-0.05, 0) is 18.8 Å². The van der Waals surface area contributed by atoms with Gasteiger partial charge in [-0.1, -0.05) is 20.8 Å². The molecule has 0 amide bonds. The predicted molar refractivity (Wildman–Crippen MR) is 75.5 cm³/mol. The van der Waals surface area contributed by atoms with Gasteiger partial charge in [-0.3, -0.25) is 10.1 Å². The van der Waals surface area contributed by atoms with Gasteiger partial charge in [0.25, 0.3) is 0 Å². The Morgan fingerprint density at radius 2 is 1.95 bits per heavy atom. The van der Waals surface area contributed by atoms with Gasteiger partial charge in [0.2, 0.25) is 11.8 Å². The Labute approximate surface area is 113 Å². The second-order valence-corrected chi connectivity index (χ2v) is 4.94. The molecule has 7 heteroatoms. The molecule has 0 saturated carbocycles. The molecule has 1 aromatic heterocycles. The molecular weight excluding hydrogens is 246 g/mol. The van der Waals surface area contributed by atoms with Crippen LogP contribution in [0.3, 0.4) is 0 Å². The second kappa shape index (κ2) is 6.31. The summed E-state index contributed by atoms with van der Waals surface area (Å²) in [6.45, 7) is 8.57. The van der Waals surface area contributed by atoms with Crippen molar-refractivity contribution in [2.75, 3.05) is 24.2 Å². The van der Waals surface area contributed by atoms with E-state index < -0.39 is 4.92 Å². The highest BCUT2D eigenvalue weighted by molar-refractivity contribution is 5.60. The molecule has 1 aromatic rings. The lowest BCUT2D eigenvalue weighted by molar-refractivity contribution is -0.385. The smallest absolute Gasteiger partial charge is 0.332 e. The highest BCUT2D eigenvalue weighted by Gasteiger charge is 2.22. The van der Waals surface area contributed by atoms with Crippen molar-refractivity contribution < 1.29 is 4.92 Å². The molecule has 1 unspecified atom stereocenters. The summed E-state index contributed by atoms with van der Waals surface area (Å²) >= 11 is 0. The van der Waals surface area contributed by atoms with E-state index in [0.717, 1.165) is 0 Å². The fourth-order valence-corrected chi connectivity index (χ4v) is 1.51. The number of hydrogen-bond donors (Lipinski definition) is 2. The summed E-state index contributed by atoms with van der Waals surface area (Å²) in [7, 11) is 1.68. The molecule has 0 spiro atoms. The molecule has 0 aliphatic heterocycles. The van der Waals surface area contributed by atoms with Gasteiger partial charge in [0, 0.05) is 13.6 Å². The molecule has 0 aliphatic rings. The number of nitro groups is 1. The first-order chi connectivity index (χ1) is 8.86. The Balaban J connectivity index is 3.03. The van der Waals surface area contributed by atoms with E-state index in [2.05, 4.69) is 41.4 Å². The molecule has 0 aromatic carbocycles. The summed E-state index contributed by atoms with van der Waals surface area (Å²) < 4.78 is 0. The monoisotopic (exact) mass is 267 g/mol. The van der Waals surface area contributed by atoms with Gasteiger partial charge in [-0.2, -0.15) is 4.98 Å². The van der Waals surface area contributed by atoms with Crippen LogP contribution in [-0.4, -0.2) is 28.5 Å². The number of rotatable bonds is 6. The molecule has 0 fully saturated rings. The van der Waals surface area contributed by atoms with Crippen molar-refractivity contribution in [3.8, 4) is 0 Å². The molecule has 106 valence electrons. The Bertz CT molecular complexity index is 462. The van der Waals surface area contributed by atoms with Gasteiger partial charge in [-0.15, -0.1) is 0 Å². The Morgan fingerprint density at radius 3 is 2.42 bits per heavy atom. The van der Waals surface area contributed by atoms with Crippen molar-refractivity contribution >= 4 is 17.5 Å². The molecule has 0 radical (unpaired) electrons. The van der Waals surface area contributed by atoms with Crippen molar-refractivity contribution in [2.24, 2.45) is 11.8 Å². The molecule has 1 heterocycles. The number of nitrogens with zero attached hydrogens (tertiary/aromatic N) is 3. The third-order valence-electron chi connectivity index (χ3n) is 3.19. The van der Waals surface area contributed by atoms with Crippen LogP contribution in [-0.2, 0) is 0 Å². The van der Waals surface area contributed by atoms with Crippen LogP contribution < -0.4 is 10.6 Å². The third kappa shape index (κ3) is 3.77. The van der Waals surface area contributed by atoms with Crippen LogP contribution in [0.2, 0.25) is 0 Å². The Hall–Kier alpha value is -1.92. The molecule has 1 atom stereocenters. The van der Waals surface area contributed by atoms with Crippen molar-refractivity contribution in [2.45, 2.75) is 27.7 Å². The minimum atomic E-state index is -0.447. The lowest BCUT2D eigenvalue weighted by Crippen LogP contribution is -2.18. The fraction of sp³-hybridized carbons (Fsp3) is 0.667. The minimum Gasteiger partial charge on any atom is -0.364 e. The van der Waals surface area contributed by atoms with Crippen LogP contribution in [0.5, 0.6) is 0 Å². The van der Waals surface area contributed by atoms with Crippen LogP contribution in [0.4, 0.5) is 17.5 Å². The number of aromatic nitrogens is 2. The zero-order valence-corrected chi connectivity index (χ0v) is 12.0. The zero-order valence-electron chi connectivity index (χ0n) is 12.0. The third-order valence-corrected chi connectivity index (χ3v) is 3.19. The average Bonchev–Trinajstić information content (AvgIpc) is 2.34. The van der Waals surface area contributed by atoms with E-state index in [1.54, 1.807) is 14.0 Å². The number of anilines is 2. The summed E-state index contributed by atoms with van der Waals surface area (Å²) in [5.41, 5.74) is 0.291. The van der Waals surface area contributed by atoms with Crippen LogP contribution in [0, 0.1) is 28.9 Å². The van der Waals surface area contributed by atoms with Gasteiger partial charge >= 0.3 is 5.69 Å². The topological polar surface area (TPSA) is 93.0 Å². The molecular formula is C12H21N5O2. The predicted octanol–water partition coefficient (Wildman–Crippen LogP) is 2.44. The van der Waals surface area contributed by atoms with Gasteiger partial charge in [-0.25, -0.2) is 4.98 Å². The maximum Gasteiger partial charge on any atom is 0.332 e. The van der Waals surface area contributed by atoms with E-state index in [0.29, 0.717) is 30.0 Å². The lowest BCUT2D eigenvalue weighted by atomic mass is 9.98. The van der Waals surface area contributed by atoms with E-state index >= 15 is 0 Å². The normalized spacial score (nSPS) is 12.3. The highest BCUT2D eigenvalue weighted by atomic mass is 16.6. The lowest BCUT2D eigenvalue weighted by Gasteiger charge is -2.17. The number of nitrogens with one attached hydrogen (secondary N) is 2. The largest absolute Gasteiger partial charge is 0.364 e. The second-order valence-electron chi connectivity index (χ2n) is 4.94. The van der Waals surface area contributed by atoms with Gasteiger partial charge in [0.15, 0.2) is 0 Å². The highest BCUT2D eigenvalue weighted by Crippen LogP contribution is 2.26. The van der Waals surface area contributed by atoms with E-state index in [4.69, 9.17) is 0 Å². The van der Waals surface area contributed by atoms with Gasteiger partial charge in [0.1, 0.15) is 5.69 Å². The summed E-state index contributed by atoms with van der Waals surface area (Å²) in [5.74, 6) is 1.54. The van der Waals surface area contributed by atoms with Crippen LogP contribution >= 0.6 is 0 Å². The summed E-state index contributed by atoms with van der Waals surface area (Å²) in [6.07, 6.45) is 0. The molecule has 0 saturated heterocycles. The van der Waals surface area contributed by atoms with E-state index in [1.807, 2.05) is 0 Å². The number of aryl methyl sites for hydroxylation is 1. The Morgan fingerprint density at radius 1 is 1.32 bits per heavy atom.